The third-order valence-electron chi connectivity index (χ3n) is 2.91. The first-order valence-electron chi connectivity index (χ1n) is 6.78. The van der Waals surface area contributed by atoms with E-state index in [2.05, 4.69) is 5.32 Å². The molecule has 1 amide bonds. The minimum absolute atomic E-state index is 0.132. The van der Waals surface area contributed by atoms with Gasteiger partial charge in [-0.1, -0.05) is 11.6 Å². The second-order valence-corrected chi connectivity index (χ2v) is 5.17. The van der Waals surface area contributed by atoms with Gasteiger partial charge in [-0.25, -0.2) is 0 Å². The number of rotatable bonds is 7. The lowest BCUT2D eigenvalue weighted by Crippen LogP contribution is -2.26. The molecule has 0 saturated carbocycles. The Morgan fingerprint density at radius 1 is 1.32 bits per heavy atom. The number of carbonyl (C=O) groups is 3. The summed E-state index contributed by atoms with van der Waals surface area (Å²) in [6, 6.07) is 4.97. The topological polar surface area (TPSA) is 92.7 Å². The maximum absolute atomic E-state index is 12.0. The third-order valence-corrected chi connectivity index (χ3v) is 3.34. The van der Waals surface area contributed by atoms with E-state index in [0.717, 1.165) is 5.56 Å². The van der Waals surface area contributed by atoms with E-state index < -0.39 is 30.2 Å². The van der Waals surface area contributed by atoms with Crippen LogP contribution in [0.1, 0.15) is 25.3 Å². The summed E-state index contributed by atoms with van der Waals surface area (Å²) in [4.78, 5) is 34.4. The Labute approximate surface area is 133 Å². The minimum atomic E-state index is -1.16. The van der Waals surface area contributed by atoms with Gasteiger partial charge in [0.15, 0.2) is 0 Å². The number of carboxylic acids is 1. The van der Waals surface area contributed by atoms with Crippen LogP contribution in [0, 0.1) is 12.8 Å². The van der Waals surface area contributed by atoms with Crippen molar-refractivity contribution in [3.8, 4) is 0 Å². The maximum Gasteiger partial charge on any atom is 0.310 e. The van der Waals surface area contributed by atoms with Crippen LogP contribution in [-0.4, -0.2) is 29.6 Å². The number of carbonyl (C=O) groups excluding carboxylic acids is 2. The molecule has 6 nitrogen and oxygen atoms in total. The van der Waals surface area contributed by atoms with Crippen LogP contribution in [0.15, 0.2) is 18.2 Å². The molecule has 0 saturated heterocycles. The second-order valence-electron chi connectivity index (χ2n) is 4.76. The lowest BCUT2D eigenvalue weighted by atomic mass is 10.0. The predicted octanol–water partition coefficient (Wildman–Crippen LogP) is 2.63. The predicted molar refractivity (Wildman–Crippen MR) is 81.8 cm³/mol. The third kappa shape index (κ3) is 5.73. The summed E-state index contributed by atoms with van der Waals surface area (Å²) < 4.78 is 4.79. The van der Waals surface area contributed by atoms with Crippen molar-refractivity contribution in [3.05, 3.63) is 28.8 Å². The Morgan fingerprint density at radius 3 is 2.55 bits per heavy atom. The van der Waals surface area contributed by atoms with Crippen molar-refractivity contribution >= 4 is 35.1 Å². The molecular formula is C15H18ClNO5. The molecule has 0 bridgehead atoms. The van der Waals surface area contributed by atoms with Crippen molar-refractivity contribution in [2.75, 3.05) is 11.9 Å². The fraction of sp³-hybridized carbons (Fsp3) is 0.400. The first kappa shape index (κ1) is 18.0. The number of aryl methyl sites for hydroxylation is 1. The summed E-state index contributed by atoms with van der Waals surface area (Å²) in [7, 11) is 0. The number of anilines is 1. The van der Waals surface area contributed by atoms with E-state index in [9.17, 15) is 14.4 Å². The second kappa shape index (κ2) is 8.38. The summed E-state index contributed by atoms with van der Waals surface area (Å²) in [6.45, 7) is 3.54. The van der Waals surface area contributed by atoms with Crippen molar-refractivity contribution in [2.24, 2.45) is 5.92 Å². The first-order chi connectivity index (χ1) is 10.3. The van der Waals surface area contributed by atoms with E-state index in [1.165, 1.54) is 0 Å². The van der Waals surface area contributed by atoms with E-state index in [1.54, 1.807) is 32.0 Å². The lowest BCUT2D eigenvalue weighted by molar-refractivity contribution is -0.153. The van der Waals surface area contributed by atoms with Gasteiger partial charge in [-0.05, 0) is 37.6 Å². The van der Waals surface area contributed by atoms with E-state index in [1.807, 2.05) is 0 Å². The van der Waals surface area contributed by atoms with Crippen molar-refractivity contribution in [1.82, 2.24) is 0 Å². The molecular weight excluding hydrogens is 310 g/mol. The SMILES string of the molecule is CCOC(=O)C(CC(=O)O)CC(=O)Nc1ccc(Cl)c(C)c1. The fourth-order valence-corrected chi connectivity index (χ4v) is 1.99. The van der Waals surface area contributed by atoms with Crippen LogP contribution in [0.5, 0.6) is 0 Å². The minimum Gasteiger partial charge on any atom is -0.481 e. The monoisotopic (exact) mass is 327 g/mol. The Kier molecular flexibility index (Phi) is 6.85. The van der Waals surface area contributed by atoms with Crippen LogP contribution in [0.2, 0.25) is 5.02 Å². The Balaban J connectivity index is 2.71. The summed E-state index contributed by atoms with van der Waals surface area (Å²) in [5.41, 5.74) is 1.33. The number of benzene rings is 1. The van der Waals surface area contributed by atoms with Gasteiger partial charge in [0.1, 0.15) is 0 Å². The van der Waals surface area contributed by atoms with Gasteiger partial charge >= 0.3 is 11.9 Å². The standard InChI is InChI=1S/C15H18ClNO5/c1-3-22-15(21)10(8-14(19)20)7-13(18)17-11-4-5-12(16)9(2)6-11/h4-6,10H,3,7-8H2,1-2H3,(H,17,18)(H,19,20). The molecule has 7 heteroatoms. The molecule has 0 fully saturated rings. The van der Waals surface area contributed by atoms with E-state index in [-0.39, 0.29) is 13.0 Å². The molecule has 0 aliphatic carbocycles. The molecule has 0 radical (unpaired) electrons. The van der Waals surface area contributed by atoms with E-state index >= 15 is 0 Å². The van der Waals surface area contributed by atoms with Crippen LogP contribution in [0.25, 0.3) is 0 Å². The van der Waals surface area contributed by atoms with Gasteiger partial charge in [0.05, 0.1) is 18.9 Å². The number of carboxylic acid groups (broad SMARTS) is 1. The van der Waals surface area contributed by atoms with E-state index in [4.69, 9.17) is 21.4 Å². The van der Waals surface area contributed by atoms with Gasteiger partial charge in [-0.15, -0.1) is 0 Å². The van der Waals surface area contributed by atoms with Crippen LogP contribution < -0.4 is 5.32 Å². The highest BCUT2D eigenvalue weighted by Gasteiger charge is 2.26. The number of halogens is 1. The van der Waals surface area contributed by atoms with Crippen molar-refractivity contribution in [2.45, 2.75) is 26.7 Å². The average molecular weight is 328 g/mol. The molecule has 1 aromatic rings. The van der Waals surface area contributed by atoms with Gasteiger partial charge in [0.2, 0.25) is 5.91 Å². The zero-order chi connectivity index (χ0) is 16.7. The molecule has 0 aliphatic heterocycles. The highest BCUT2D eigenvalue weighted by Crippen LogP contribution is 2.20. The summed E-state index contributed by atoms with van der Waals surface area (Å²) in [5.74, 6) is -3.31. The van der Waals surface area contributed by atoms with Gasteiger partial charge < -0.3 is 15.2 Å². The van der Waals surface area contributed by atoms with Crippen LogP contribution >= 0.6 is 11.6 Å². The molecule has 0 spiro atoms. The largest absolute Gasteiger partial charge is 0.481 e. The molecule has 0 aromatic heterocycles. The number of nitrogens with one attached hydrogen (secondary N) is 1. The van der Waals surface area contributed by atoms with Gasteiger partial charge in [-0.3, -0.25) is 14.4 Å². The zero-order valence-electron chi connectivity index (χ0n) is 12.4. The van der Waals surface area contributed by atoms with Crippen LogP contribution in [0.3, 0.4) is 0 Å². The number of aliphatic carboxylic acids is 1. The molecule has 1 atom stereocenters. The van der Waals surface area contributed by atoms with E-state index in [0.29, 0.717) is 10.7 Å². The van der Waals surface area contributed by atoms with Gasteiger partial charge in [0, 0.05) is 17.1 Å². The van der Waals surface area contributed by atoms with Gasteiger partial charge in [0.25, 0.3) is 0 Å². The van der Waals surface area contributed by atoms with Crippen molar-refractivity contribution < 1.29 is 24.2 Å². The number of esters is 1. The highest BCUT2D eigenvalue weighted by atomic mass is 35.5. The molecule has 120 valence electrons. The summed E-state index contributed by atoms with van der Waals surface area (Å²) >= 11 is 5.90. The van der Waals surface area contributed by atoms with Gasteiger partial charge in [-0.2, -0.15) is 0 Å². The Morgan fingerprint density at radius 2 is 2.00 bits per heavy atom. The van der Waals surface area contributed by atoms with Crippen molar-refractivity contribution in [3.63, 3.8) is 0 Å². The van der Waals surface area contributed by atoms with Crippen LogP contribution in [-0.2, 0) is 19.1 Å². The van der Waals surface area contributed by atoms with Crippen molar-refractivity contribution in [1.29, 1.82) is 0 Å². The molecule has 1 aromatic carbocycles. The van der Waals surface area contributed by atoms with Crippen LogP contribution in [0.4, 0.5) is 5.69 Å². The molecule has 1 rings (SSSR count). The molecule has 22 heavy (non-hydrogen) atoms. The lowest BCUT2D eigenvalue weighted by Gasteiger charge is -2.13. The Hall–Kier alpha value is -2.08. The summed E-state index contributed by atoms with van der Waals surface area (Å²) in [5, 5.41) is 12.0. The number of amides is 1. The fourth-order valence-electron chi connectivity index (χ4n) is 1.87. The smallest absolute Gasteiger partial charge is 0.310 e. The summed E-state index contributed by atoms with van der Waals surface area (Å²) in [6.07, 6.45) is -0.710. The quantitative estimate of drug-likeness (QED) is 0.751. The number of hydrogen-bond donors (Lipinski definition) is 2. The first-order valence-corrected chi connectivity index (χ1v) is 7.15. The molecule has 1 unspecified atom stereocenters. The maximum atomic E-state index is 12.0. The molecule has 0 heterocycles. The molecule has 0 aliphatic rings. The average Bonchev–Trinajstić information content (AvgIpc) is 2.42. The number of hydrogen-bond acceptors (Lipinski definition) is 4. The zero-order valence-corrected chi connectivity index (χ0v) is 13.1. The highest BCUT2D eigenvalue weighted by molar-refractivity contribution is 6.31. The number of ether oxygens (including phenoxy) is 1. The molecule has 2 N–H and O–H groups in total. The normalized spacial score (nSPS) is 11.6. The Bertz CT molecular complexity index is 573.